The van der Waals surface area contributed by atoms with Crippen LogP contribution in [0.2, 0.25) is 0 Å². The van der Waals surface area contributed by atoms with Gasteiger partial charge in [-0.2, -0.15) is 8.42 Å². The molecule has 0 amide bonds. The lowest BCUT2D eigenvalue weighted by Crippen LogP contribution is -2.50. The largest absolute Gasteiger partial charge is 0.394 e. The third-order valence-electron chi connectivity index (χ3n) is 3.94. The number of nitrogens with zero attached hydrogens (tertiary/aromatic N) is 1. The van der Waals surface area contributed by atoms with Crippen LogP contribution < -0.4 is 0 Å². The van der Waals surface area contributed by atoms with Gasteiger partial charge in [-0.05, 0) is 25.7 Å². The number of hydrogen-bond acceptors (Lipinski definition) is 2. The average Bonchev–Trinajstić information content (AvgIpc) is 2.44. The van der Waals surface area contributed by atoms with Crippen molar-refractivity contribution in [2.24, 2.45) is 0 Å². The molecule has 7 heteroatoms. The molecule has 0 heterocycles. The lowest BCUT2D eigenvalue weighted by atomic mass is 10.1. The van der Waals surface area contributed by atoms with Gasteiger partial charge in [0.05, 0.1) is 26.2 Å². The summed E-state index contributed by atoms with van der Waals surface area (Å²) in [7, 11) is -4.67. The second-order valence-electron chi connectivity index (χ2n) is 6.10. The first-order valence-electron chi connectivity index (χ1n) is 8.79. The fourth-order valence-corrected chi connectivity index (χ4v) is 2.64. The van der Waals surface area contributed by atoms with Crippen molar-refractivity contribution in [3.8, 4) is 0 Å². The second kappa shape index (κ2) is 17.0. The molecule has 0 aliphatic rings. The van der Waals surface area contributed by atoms with Crippen molar-refractivity contribution in [3.63, 3.8) is 0 Å². The van der Waals surface area contributed by atoms with E-state index in [9.17, 15) is 0 Å². The first-order chi connectivity index (χ1) is 10.2. The van der Waals surface area contributed by atoms with Gasteiger partial charge in [-0.25, -0.2) is 0 Å². The van der Waals surface area contributed by atoms with Gasteiger partial charge in [-0.3, -0.25) is 9.11 Å². The lowest BCUT2D eigenvalue weighted by molar-refractivity contribution is -0.929. The molecule has 0 spiro atoms. The third-order valence-corrected chi connectivity index (χ3v) is 3.94. The number of halogens is 1. The third kappa shape index (κ3) is 22.1. The molecule has 0 bridgehead atoms. The van der Waals surface area contributed by atoms with Gasteiger partial charge >= 0.3 is 10.4 Å². The molecule has 0 aromatic rings. The van der Waals surface area contributed by atoms with Gasteiger partial charge in [0.1, 0.15) is 0 Å². The minimum Gasteiger partial charge on any atom is -0.324 e. The maximum atomic E-state index is 8.74. The van der Waals surface area contributed by atoms with Crippen LogP contribution >= 0.6 is 12.4 Å². The number of quaternary nitrogens is 1. The van der Waals surface area contributed by atoms with E-state index >= 15 is 0 Å². The van der Waals surface area contributed by atoms with E-state index in [0.717, 1.165) is 0 Å². The van der Waals surface area contributed by atoms with Crippen molar-refractivity contribution in [3.05, 3.63) is 0 Å². The van der Waals surface area contributed by atoms with Gasteiger partial charge in [-0.1, -0.05) is 53.4 Å². The topological polar surface area (TPSA) is 74.6 Å². The molecule has 5 nitrogen and oxygen atoms in total. The molecular weight excluding hydrogens is 338 g/mol. The Morgan fingerprint density at radius 2 is 0.826 bits per heavy atom. The Bertz CT molecular complexity index is 291. The van der Waals surface area contributed by atoms with E-state index in [4.69, 9.17) is 17.5 Å². The van der Waals surface area contributed by atoms with E-state index in [-0.39, 0.29) is 12.4 Å². The highest BCUT2D eigenvalue weighted by atomic mass is 35.5. The minimum atomic E-state index is -4.67. The summed E-state index contributed by atoms with van der Waals surface area (Å²) in [5.41, 5.74) is 0. The molecule has 0 unspecified atom stereocenters. The normalized spacial score (nSPS) is 11.4. The Labute approximate surface area is 150 Å². The van der Waals surface area contributed by atoms with Gasteiger partial charge in [0.15, 0.2) is 0 Å². The van der Waals surface area contributed by atoms with Crippen molar-refractivity contribution in [2.45, 2.75) is 79.1 Å². The lowest BCUT2D eigenvalue weighted by Gasteiger charge is -2.39. The summed E-state index contributed by atoms with van der Waals surface area (Å²) in [5.74, 6) is 0. The molecule has 0 aliphatic heterocycles. The molecule has 2 N–H and O–H groups in total. The highest BCUT2D eigenvalue weighted by Gasteiger charge is 2.24. The van der Waals surface area contributed by atoms with E-state index in [2.05, 4.69) is 27.7 Å². The maximum absolute atomic E-state index is 8.74. The fourth-order valence-electron chi connectivity index (χ4n) is 2.64. The molecule has 23 heavy (non-hydrogen) atoms. The van der Waals surface area contributed by atoms with Crippen molar-refractivity contribution < 1.29 is 22.0 Å². The zero-order valence-electron chi connectivity index (χ0n) is 15.5. The van der Waals surface area contributed by atoms with E-state index < -0.39 is 10.4 Å². The Morgan fingerprint density at radius 1 is 0.652 bits per heavy atom. The summed E-state index contributed by atoms with van der Waals surface area (Å²) < 4.78 is 33.0. The summed E-state index contributed by atoms with van der Waals surface area (Å²) in [4.78, 5) is 0. The summed E-state index contributed by atoms with van der Waals surface area (Å²) >= 11 is 0. The van der Waals surface area contributed by atoms with Crippen LogP contribution in [0, 0.1) is 0 Å². The first kappa shape index (κ1) is 27.9. The van der Waals surface area contributed by atoms with E-state index in [1.807, 2.05) is 0 Å². The van der Waals surface area contributed by atoms with E-state index in [0.29, 0.717) is 0 Å². The van der Waals surface area contributed by atoms with Crippen molar-refractivity contribution in [2.75, 3.05) is 26.2 Å². The molecule has 0 aliphatic carbocycles. The van der Waals surface area contributed by atoms with Crippen LogP contribution in [-0.4, -0.2) is 48.2 Å². The number of hydrogen-bond donors (Lipinski definition) is 2. The first-order valence-corrected chi connectivity index (χ1v) is 10.2. The molecule has 0 fully saturated rings. The highest BCUT2D eigenvalue weighted by molar-refractivity contribution is 7.79. The quantitative estimate of drug-likeness (QED) is 0.380. The summed E-state index contributed by atoms with van der Waals surface area (Å²) in [6.45, 7) is 15.0. The van der Waals surface area contributed by atoms with Gasteiger partial charge in [-0.15, -0.1) is 12.4 Å². The van der Waals surface area contributed by atoms with Gasteiger partial charge < -0.3 is 4.48 Å². The average molecular weight is 377 g/mol. The molecule has 0 atom stereocenters. The summed E-state index contributed by atoms with van der Waals surface area (Å²) in [6.07, 6.45) is 11.1. The van der Waals surface area contributed by atoms with Crippen molar-refractivity contribution in [1.82, 2.24) is 0 Å². The van der Waals surface area contributed by atoms with E-state index in [1.54, 1.807) is 0 Å². The zero-order chi connectivity index (χ0) is 17.5. The van der Waals surface area contributed by atoms with Crippen LogP contribution in [0.25, 0.3) is 0 Å². The molecule has 144 valence electrons. The SMILES string of the molecule is CCCC[N+](CCCC)(CCCC)CCCC.Cl.O=S(=O)(O)O. The number of rotatable bonds is 12. The smallest absolute Gasteiger partial charge is 0.324 e. The van der Waals surface area contributed by atoms with Crippen LogP contribution in [0.4, 0.5) is 0 Å². The Balaban J connectivity index is -0.000000578. The molecule has 0 saturated carbocycles. The predicted octanol–water partition coefficient (Wildman–Crippen LogP) is 4.77. The highest BCUT2D eigenvalue weighted by Crippen LogP contribution is 2.16. The van der Waals surface area contributed by atoms with Crippen LogP contribution in [0.5, 0.6) is 0 Å². The van der Waals surface area contributed by atoms with Gasteiger partial charge in [0.2, 0.25) is 0 Å². The molecule has 0 rings (SSSR count). The minimum absolute atomic E-state index is 0. The second-order valence-corrected chi connectivity index (χ2v) is 6.99. The Hall–Kier alpha value is 0.120. The van der Waals surface area contributed by atoms with Gasteiger partial charge in [0.25, 0.3) is 0 Å². The Kier molecular flexibility index (Phi) is 20.6. The van der Waals surface area contributed by atoms with Crippen LogP contribution in [0.15, 0.2) is 0 Å². The fraction of sp³-hybridized carbons (Fsp3) is 1.00. The number of unbranched alkanes of at least 4 members (excludes halogenated alkanes) is 4. The van der Waals surface area contributed by atoms with Crippen LogP contribution in [0.1, 0.15) is 79.1 Å². The molecular formula is C16H39ClNO4S+. The standard InChI is InChI=1S/C16H36N.ClH.H2O4S/c1-5-9-13-17(14-10-6-2,15-11-7-3)16-12-8-4;;1-5(2,3)4/h5-16H2,1-4H3;1H;(H2,1,2,3,4)/q+1;;. The van der Waals surface area contributed by atoms with E-state index in [1.165, 1.54) is 82.0 Å². The van der Waals surface area contributed by atoms with Crippen LogP contribution in [0.3, 0.4) is 0 Å². The molecule has 0 aromatic carbocycles. The van der Waals surface area contributed by atoms with Crippen molar-refractivity contribution >= 4 is 22.8 Å². The predicted molar refractivity (Wildman–Crippen MR) is 101 cm³/mol. The summed E-state index contributed by atoms with van der Waals surface area (Å²) in [6, 6.07) is 0. The summed E-state index contributed by atoms with van der Waals surface area (Å²) in [5, 5.41) is 0. The van der Waals surface area contributed by atoms with Crippen molar-refractivity contribution in [1.29, 1.82) is 0 Å². The zero-order valence-corrected chi connectivity index (χ0v) is 17.1. The monoisotopic (exact) mass is 376 g/mol. The molecule has 0 saturated heterocycles. The Morgan fingerprint density at radius 3 is 0.957 bits per heavy atom. The molecule has 0 aromatic heterocycles. The van der Waals surface area contributed by atoms with Crippen LogP contribution in [-0.2, 0) is 10.4 Å². The van der Waals surface area contributed by atoms with Gasteiger partial charge in [0, 0.05) is 0 Å². The molecule has 0 radical (unpaired) electrons. The maximum Gasteiger partial charge on any atom is 0.394 e.